The molecule has 0 aromatic carbocycles. The van der Waals surface area contributed by atoms with Gasteiger partial charge in [-0.05, 0) is 47.3 Å². The lowest BCUT2D eigenvalue weighted by Gasteiger charge is -2.28. The summed E-state index contributed by atoms with van der Waals surface area (Å²) in [5.41, 5.74) is 0. The van der Waals surface area contributed by atoms with Gasteiger partial charge in [-0.1, -0.05) is 0 Å². The van der Waals surface area contributed by atoms with Gasteiger partial charge in [0.25, 0.3) is 10.0 Å². The smallest absolute Gasteiger partial charge is 0.252 e. The van der Waals surface area contributed by atoms with E-state index in [0.29, 0.717) is 13.0 Å². The van der Waals surface area contributed by atoms with Crippen LogP contribution in [-0.4, -0.2) is 57.9 Å². The molecule has 0 spiro atoms. The number of thiophene rings is 1. The van der Waals surface area contributed by atoms with Gasteiger partial charge in [0, 0.05) is 19.2 Å². The number of sulfone groups is 1. The normalized spacial score (nSPS) is 27.7. The van der Waals surface area contributed by atoms with E-state index in [4.69, 9.17) is 4.74 Å². The monoisotopic (exact) mass is 443 g/mol. The van der Waals surface area contributed by atoms with Crippen LogP contribution in [0, 0.1) is 0 Å². The molecule has 10 heteroatoms. The Hall–Kier alpha value is -0.0000000000000000833. The van der Waals surface area contributed by atoms with Crippen LogP contribution in [0.3, 0.4) is 0 Å². The Labute approximate surface area is 148 Å². The molecule has 3 heterocycles. The number of hydrogen-bond donors (Lipinski definition) is 0. The zero-order valence-corrected chi connectivity index (χ0v) is 16.4. The highest BCUT2D eigenvalue weighted by Crippen LogP contribution is 2.32. The highest BCUT2D eigenvalue weighted by atomic mass is 79.9. The zero-order chi connectivity index (χ0) is 16.7. The molecule has 2 aliphatic rings. The van der Waals surface area contributed by atoms with E-state index in [1.807, 2.05) is 0 Å². The molecule has 0 aliphatic carbocycles. The summed E-state index contributed by atoms with van der Waals surface area (Å²) in [7, 11) is -6.89. The van der Waals surface area contributed by atoms with Crippen LogP contribution in [0.25, 0.3) is 0 Å². The van der Waals surface area contributed by atoms with Gasteiger partial charge in [-0.2, -0.15) is 4.31 Å². The average Bonchev–Trinajstić information content (AvgIpc) is 3.17. The molecule has 0 radical (unpaired) electrons. The van der Waals surface area contributed by atoms with Crippen molar-refractivity contribution in [3.05, 3.63) is 15.9 Å². The standard InChI is InChI=1S/C13H18BrNO5S3/c14-12-3-4-13(21-12)23(18,19)15(8-11-2-1-6-20-11)10-5-7-22(16,17)9-10/h3-4,10-11H,1-2,5-9H2/t10-,11+/m1/s1. The van der Waals surface area contributed by atoms with Crippen LogP contribution in [0.5, 0.6) is 0 Å². The molecule has 0 bridgehead atoms. The number of ether oxygens (including phenoxy) is 1. The number of nitrogens with zero attached hydrogens (tertiary/aromatic N) is 1. The second-order valence-corrected chi connectivity index (χ2v) is 12.6. The lowest BCUT2D eigenvalue weighted by molar-refractivity contribution is 0.0877. The van der Waals surface area contributed by atoms with E-state index in [1.165, 1.54) is 4.31 Å². The molecule has 1 aromatic rings. The molecule has 0 unspecified atom stereocenters. The van der Waals surface area contributed by atoms with Gasteiger partial charge in [0.1, 0.15) is 4.21 Å². The van der Waals surface area contributed by atoms with Crippen molar-refractivity contribution >= 4 is 47.1 Å². The molecule has 23 heavy (non-hydrogen) atoms. The fourth-order valence-corrected chi connectivity index (χ4v) is 8.64. The Kier molecular flexibility index (Phi) is 5.20. The maximum absolute atomic E-state index is 13.0. The summed E-state index contributed by atoms with van der Waals surface area (Å²) in [4.78, 5) is 0. The van der Waals surface area contributed by atoms with Gasteiger partial charge in [0.15, 0.2) is 9.84 Å². The molecule has 3 rings (SSSR count). The van der Waals surface area contributed by atoms with E-state index in [-0.39, 0.29) is 28.4 Å². The molecule has 0 amide bonds. The summed E-state index contributed by atoms with van der Waals surface area (Å²) >= 11 is 4.41. The summed E-state index contributed by atoms with van der Waals surface area (Å²) < 4.78 is 57.5. The van der Waals surface area contributed by atoms with Crippen LogP contribution in [0.4, 0.5) is 0 Å². The Morgan fingerprint density at radius 1 is 1.35 bits per heavy atom. The summed E-state index contributed by atoms with van der Waals surface area (Å²) in [5, 5.41) is 0. The highest BCUT2D eigenvalue weighted by Gasteiger charge is 2.40. The number of halogens is 1. The van der Waals surface area contributed by atoms with E-state index in [1.54, 1.807) is 12.1 Å². The summed E-state index contributed by atoms with van der Waals surface area (Å²) in [6, 6.07) is 2.73. The van der Waals surface area contributed by atoms with Gasteiger partial charge in [0.05, 0.1) is 21.4 Å². The van der Waals surface area contributed by atoms with Crippen molar-refractivity contribution in [3.8, 4) is 0 Å². The molecule has 2 aliphatic heterocycles. The van der Waals surface area contributed by atoms with E-state index in [2.05, 4.69) is 15.9 Å². The summed E-state index contributed by atoms with van der Waals surface area (Å²) in [5.74, 6) is -0.0607. The second-order valence-electron chi connectivity index (χ2n) is 5.83. The molecule has 6 nitrogen and oxygen atoms in total. The molecular weight excluding hydrogens is 426 g/mol. The Balaban J connectivity index is 1.90. The second kappa shape index (κ2) is 6.72. The number of rotatable bonds is 5. The van der Waals surface area contributed by atoms with E-state index in [0.717, 1.165) is 28.0 Å². The van der Waals surface area contributed by atoms with Crippen molar-refractivity contribution in [2.45, 2.75) is 35.6 Å². The third-order valence-electron chi connectivity index (χ3n) is 4.13. The fourth-order valence-electron chi connectivity index (χ4n) is 2.99. The van der Waals surface area contributed by atoms with Gasteiger partial charge in [0.2, 0.25) is 0 Å². The molecule has 0 saturated carbocycles. The topological polar surface area (TPSA) is 80.8 Å². The first kappa shape index (κ1) is 17.8. The fraction of sp³-hybridized carbons (Fsp3) is 0.692. The van der Waals surface area contributed by atoms with Gasteiger partial charge >= 0.3 is 0 Å². The van der Waals surface area contributed by atoms with Crippen molar-refractivity contribution in [2.24, 2.45) is 0 Å². The van der Waals surface area contributed by atoms with Gasteiger partial charge in [-0.3, -0.25) is 0 Å². The lowest BCUT2D eigenvalue weighted by Crippen LogP contribution is -2.44. The van der Waals surface area contributed by atoms with Gasteiger partial charge < -0.3 is 4.74 Å². The molecule has 0 N–H and O–H groups in total. The Morgan fingerprint density at radius 3 is 2.65 bits per heavy atom. The van der Waals surface area contributed by atoms with E-state index < -0.39 is 25.9 Å². The molecule has 2 atom stereocenters. The summed E-state index contributed by atoms with van der Waals surface area (Å²) in [6.07, 6.45) is 1.91. The third-order valence-corrected chi connectivity index (χ3v) is 9.89. The first-order valence-electron chi connectivity index (χ1n) is 7.37. The zero-order valence-electron chi connectivity index (χ0n) is 12.4. The largest absolute Gasteiger partial charge is 0.377 e. The van der Waals surface area contributed by atoms with Crippen molar-refractivity contribution in [2.75, 3.05) is 24.7 Å². The van der Waals surface area contributed by atoms with Crippen LogP contribution >= 0.6 is 27.3 Å². The minimum atomic E-state index is -3.72. The minimum Gasteiger partial charge on any atom is -0.377 e. The van der Waals surface area contributed by atoms with Crippen LogP contribution in [-0.2, 0) is 24.6 Å². The first-order valence-corrected chi connectivity index (χ1v) is 12.2. The molecular formula is C13H18BrNO5S3. The van der Waals surface area contributed by atoms with Gasteiger partial charge in [-0.15, -0.1) is 11.3 Å². The van der Waals surface area contributed by atoms with Crippen LogP contribution in [0.2, 0.25) is 0 Å². The van der Waals surface area contributed by atoms with Crippen molar-refractivity contribution in [3.63, 3.8) is 0 Å². The van der Waals surface area contributed by atoms with Crippen molar-refractivity contribution < 1.29 is 21.6 Å². The lowest BCUT2D eigenvalue weighted by atomic mass is 10.2. The van der Waals surface area contributed by atoms with E-state index in [9.17, 15) is 16.8 Å². The van der Waals surface area contributed by atoms with Crippen molar-refractivity contribution in [1.82, 2.24) is 4.31 Å². The predicted molar refractivity (Wildman–Crippen MR) is 91.9 cm³/mol. The predicted octanol–water partition coefficient (Wildman–Crippen LogP) is 1.87. The van der Waals surface area contributed by atoms with Crippen LogP contribution in [0.1, 0.15) is 19.3 Å². The van der Waals surface area contributed by atoms with Crippen LogP contribution < -0.4 is 0 Å². The number of hydrogen-bond acceptors (Lipinski definition) is 6. The van der Waals surface area contributed by atoms with E-state index >= 15 is 0 Å². The van der Waals surface area contributed by atoms with Crippen molar-refractivity contribution in [1.29, 1.82) is 0 Å². The van der Waals surface area contributed by atoms with Crippen LogP contribution in [0.15, 0.2) is 20.1 Å². The molecule has 130 valence electrons. The number of sulfonamides is 1. The quantitative estimate of drug-likeness (QED) is 0.693. The highest BCUT2D eigenvalue weighted by molar-refractivity contribution is 9.11. The maximum Gasteiger partial charge on any atom is 0.252 e. The maximum atomic E-state index is 13.0. The average molecular weight is 444 g/mol. The SMILES string of the molecule is O=S1(=O)CC[C@@H](N(C[C@@H]2CCCO2)S(=O)(=O)c2ccc(Br)s2)C1. The third kappa shape index (κ3) is 3.98. The molecule has 2 saturated heterocycles. The minimum absolute atomic E-state index is 0.0450. The molecule has 1 aromatic heterocycles. The first-order chi connectivity index (χ1) is 10.8. The Bertz CT molecular complexity index is 767. The molecule has 2 fully saturated rings. The Morgan fingerprint density at radius 2 is 2.13 bits per heavy atom. The van der Waals surface area contributed by atoms with Gasteiger partial charge in [-0.25, -0.2) is 16.8 Å². The summed E-state index contributed by atoms with van der Waals surface area (Å²) in [6.45, 7) is 0.851.